The van der Waals surface area contributed by atoms with Gasteiger partial charge in [0.25, 0.3) is 0 Å². The summed E-state index contributed by atoms with van der Waals surface area (Å²) in [6, 6.07) is 0.347. The van der Waals surface area contributed by atoms with Crippen molar-refractivity contribution in [3.05, 3.63) is 12.2 Å². The Morgan fingerprint density at radius 2 is 2.38 bits per heavy atom. The highest BCUT2D eigenvalue weighted by molar-refractivity contribution is 5.03. The Morgan fingerprint density at radius 3 is 2.62 bits per heavy atom. The molecule has 0 radical (unpaired) electrons. The van der Waals surface area contributed by atoms with Crippen LogP contribution in [0.2, 0.25) is 0 Å². The molecule has 8 heavy (non-hydrogen) atoms. The minimum Gasteiger partial charge on any atom is -0.324 e. The first-order valence-electron chi connectivity index (χ1n) is 3.27. The van der Waals surface area contributed by atoms with Crippen molar-refractivity contribution in [3.8, 4) is 0 Å². The summed E-state index contributed by atoms with van der Waals surface area (Å²) in [7, 11) is 0. The molecule has 0 saturated heterocycles. The van der Waals surface area contributed by atoms with Gasteiger partial charge < -0.3 is 5.73 Å². The highest BCUT2D eigenvalue weighted by Gasteiger charge is 2.12. The van der Waals surface area contributed by atoms with E-state index in [9.17, 15) is 0 Å². The summed E-state index contributed by atoms with van der Waals surface area (Å²) in [6.45, 7) is 2.20. The molecular weight excluding hydrogens is 98.1 g/mol. The Balaban J connectivity index is 2.34. The molecule has 0 aromatic heterocycles. The molecule has 2 N–H and O–H groups in total. The van der Waals surface area contributed by atoms with Gasteiger partial charge in [-0.25, -0.2) is 0 Å². The molecule has 0 aromatic rings. The molecule has 0 amide bonds. The average molecular weight is 111 g/mol. The van der Waals surface area contributed by atoms with E-state index in [0.29, 0.717) is 6.04 Å². The van der Waals surface area contributed by atoms with Crippen molar-refractivity contribution < 1.29 is 0 Å². The summed E-state index contributed by atoms with van der Waals surface area (Å²) in [5.74, 6) is 0.769. The smallest absolute Gasteiger partial charge is 0.0229 e. The van der Waals surface area contributed by atoms with Crippen molar-refractivity contribution in [2.75, 3.05) is 0 Å². The van der Waals surface area contributed by atoms with Gasteiger partial charge in [0.1, 0.15) is 0 Å². The fourth-order valence-electron chi connectivity index (χ4n) is 1.11. The summed E-state index contributed by atoms with van der Waals surface area (Å²) >= 11 is 0. The van der Waals surface area contributed by atoms with E-state index in [1.165, 1.54) is 6.42 Å². The summed E-state index contributed by atoms with van der Waals surface area (Å²) in [4.78, 5) is 0. The summed E-state index contributed by atoms with van der Waals surface area (Å²) in [5, 5.41) is 0. The Kier molecular flexibility index (Phi) is 1.69. The first kappa shape index (κ1) is 5.83. The van der Waals surface area contributed by atoms with Gasteiger partial charge in [0.2, 0.25) is 0 Å². The SMILES string of the molecule is CC[C@@H]1C=C[C@H](N)C1. The first-order chi connectivity index (χ1) is 3.83. The van der Waals surface area contributed by atoms with Gasteiger partial charge in [-0.2, -0.15) is 0 Å². The van der Waals surface area contributed by atoms with E-state index in [-0.39, 0.29) is 0 Å². The predicted octanol–water partition coefficient (Wildman–Crippen LogP) is 1.30. The van der Waals surface area contributed by atoms with Gasteiger partial charge >= 0.3 is 0 Å². The zero-order valence-electron chi connectivity index (χ0n) is 5.30. The van der Waals surface area contributed by atoms with Gasteiger partial charge in [0, 0.05) is 6.04 Å². The summed E-state index contributed by atoms with van der Waals surface area (Å²) in [6.07, 6.45) is 6.74. The molecule has 0 bridgehead atoms. The number of nitrogens with two attached hydrogens (primary N) is 1. The molecule has 1 aliphatic rings. The third kappa shape index (κ3) is 1.10. The molecule has 0 unspecified atom stereocenters. The van der Waals surface area contributed by atoms with Crippen molar-refractivity contribution in [2.24, 2.45) is 11.7 Å². The van der Waals surface area contributed by atoms with Crippen LogP contribution >= 0.6 is 0 Å². The van der Waals surface area contributed by atoms with E-state index < -0.39 is 0 Å². The monoisotopic (exact) mass is 111 g/mol. The Hall–Kier alpha value is -0.300. The van der Waals surface area contributed by atoms with Crippen molar-refractivity contribution in [1.29, 1.82) is 0 Å². The average Bonchev–Trinajstić information content (AvgIpc) is 2.14. The standard InChI is InChI=1S/C7H13N/c1-2-6-3-4-7(8)5-6/h3-4,6-7H,2,5,8H2,1H3/t6-,7+/m1/s1. The lowest BCUT2D eigenvalue weighted by atomic mass is 10.1. The Labute approximate surface area is 50.6 Å². The maximum absolute atomic E-state index is 5.61. The molecule has 2 atom stereocenters. The minimum absolute atomic E-state index is 0.347. The van der Waals surface area contributed by atoms with Crippen molar-refractivity contribution in [1.82, 2.24) is 0 Å². The lowest BCUT2D eigenvalue weighted by molar-refractivity contribution is 0.575. The predicted molar refractivity (Wildman–Crippen MR) is 35.5 cm³/mol. The Morgan fingerprint density at radius 1 is 1.62 bits per heavy atom. The lowest BCUT2D eigenvalue weighted by Gasteiger charge is -2.02. The molecule has 0 heterocycles. The van der Waals surface area contributed by atoms with Crippen LogP contribution in [0.1, 0.15) is 19.8 Å². The van der Waals surface area contributed by atoms with Crippen LogP contribution in [0, 0.1) is 5.92 Å². The van der Waals surface area contributed by atoms with Crippen LogP contribution in [0.25, 0.3) is 0 Å². The van der Waals surface area contributed by atoms with Crippen molar-refractivity contribution >= 4 is 0 Å². The maximum atomic E-state index is 5.61. The number of hydrogen-bond acceptors (Lipinski definition) is 1. The number of hydrogen-bond donors (Lipinski definition) is 1. The summed E-state index contributed by atoms with van der Waals surface area (Å²) < 4.78 is 0. The molecule has 0 aromatic carbocycles. The summed E-state index contributed by atoms with van der Waals surface area (Å²) in [5.41, 5.74) is 5.61. The quantitative estimate of drug-likeness (QED) is 0.507. The third-order valence-electron chi connectivity index (χ3n) is 1.73. The molecule has 1 aliphatic carbocycles. The zero-order valence-corrected chi connectivity index (χ0v) is 5.30. The van der Waals surface area contributed by atoms with Gasteiger partial charge in [-0.15, -0.1) is 0 Å². The highest BCUT2D eigenvalue weighted by atomic mass is 14.6. The van der Waals surface area contributed by atoms with Crippen LogP contribution < -0.4 is 5.73 Å². The van der Waals surface area contributed by atoms with Crippen LogP contribution in [0.3, 0.4) is 0 Å². The lowest BCUT2D eigenvalue weighted by Crippen LogP contribution is -2.14. The number of rotatable bonds is 1. The molecule has 0 aliphatic heterocycles. The van der Waals surface area contributed by atoms with Crippen molar-refractivity contribution in [3.63, 3.8) is 0 Å². The van der Waals surface area contributed by atoms with Gasteiger partial charge in [0.15, 0.2) is 0 Å². The molecule has 0 saturated carbocycles. The second kappa shape index (κ2) is 2.31. The molecule has 46 valence electrons. The molecule has 0 spiro atoms. The molecule has 1 heteroatoms. The Bertz CT molecular complexity index is 96.6. The van der Waals surface area contributed by atoms with Gasteiger partial charge in [0.05, 0.1) is 0 Å². The van der Waals surface area contributed by atoms with E-state index >= 15 is 0 Å². The van der Waals surface area contributed by atoms with Gasteiger partial charge in [-0.05, 0) is 18.8 Å². The van der Waals surface area contributed by atoms with Crippen LogP contribution in [0.15, 0.2) is 12.2 Å². The fourth-order valence-corrected chi connectivity index (χ4v) is 1.11. The largest absolute Gasteiger partial charge is 0.324 e. The normalized spacial score (nSPS) is 36.2. The van der Waals surface area contributed by atoms with Crippen LogP contribution in [-0.4, -0.2) is 6.04 Å². The van der Waals surface area contributed by atoms with Gasteiger partial charge in [-0.1, -0.05) is 19.1 Å². The van der Waals surface area contributed by atoms with E-state index in [0.717, 1.165) is 12.3 Å². The van der Waals surface area contributed by atoms with E-state index in [2.05, 4.69) is 19.1 Å². The third-order valence-corrected chi connectivity index (χ3v) is 1.73. The topological polar surface area (TPSA) is 26.0 Å². The van der Waals surface area contributed by atoms with E-state index in [1.54, 1.807) is 0 Å². The second-order valence-electron chi connectivity index (χ2n) is 2.45. The van der Waals surface area contributed by atoms with Gasteiger partial charge in [-0.3, -0.25) is 0 Å². The van der Waals surface area contributed by atoms with E-state index in [4.69, 9.17) is 5.73 Å². The zero-order chi connectivity index (χ0) is 5.98. The van der Waals surface area contributed by atoms with Crippen LogP contribution in [0.4, 0.5) is 0 Å². The molecular formula is C7H13N. The maximum Gasteiger partial charge on any atom is 0.0229 e. The van der Waals surface area contributed by atoms with Crippen LogP contribution in [0.5, 0.6) is 0 Å². The fraction of sp³-hybridized carbons (Fsp3) is 0.714. The molecule has 1 nitrogen and oxygen atoms in total. The van der Waals surface area contributed by atoms with Crippen molar-refractivity contribution in [2.45, 2.75) is 25.8 Å². The highest BCUT2D eigenvalue weighted by Crippen LogP contribution is 2.18. The van der Waals surface area contributed by atoms with Crippen LogP contribution in [-0.2, 0) is 0 Å². The second-order valence-corrected chi connectivity index (χ2v) is 2.45. The van der Waals surface area contributed by atoms with E-state index in [1.807, 2.05) is 0 Å². The first-order valence-corrected chi connectivity index (χ1v) is 3.27. The molecule has 0 fully saturated rings. The number of allylic oxidation sites excluding steroid dienone is 1. The molecule has 1 rings (SSSR count). The minimum atomic E-state index is 0.347.